The average Bonchev–Trinajstić information content (AvgIpc) is 2.70. The molecular weight excluding hydrogens is 210 g/mol. The molecule has 0 radical (unpaired) electrons. The Morgan fingerprint density at radius 2 is 2.06 bits per heavy atom. The second kappa shape index (κ2) is 5.87. The Bertz CT molecular complexity index is 426. The summed E-state index contributed by atoms with van der Waals surface area (Å²) >= 11 is 0. The van der Waals surface area contributed by atoms with Crippen LogP contribution < -0.4 is 5.32 Å². The molecule has 17 heavy (non-hydrogen) atoms. The van der Waals surface area contributed by atoms with Crippen LogP contribution >= 0.6 is 0 Å². The first kappa shape index (κ1) is 12.2. The zero-order valence-corrected chi connectivity index (χ0v) is 10.7. The molecule has 1 heterocycles. The molecule has 0 spiro atoms. The second-order valence-electron chi connectivity index (χ2n) is 4.95. The number of hydrogen-bond acceptors (Lipinski definition) is 2. The van der Waals surface area contributed by atoms with Gasteiger partial charge in [0.1, 0.15) is 11.3 Å². The molecule has 0 amide bonds. The number of aryl methyl sites for hydroxylation is 1. The molecule has 0 atom stereocenters. The highest BCUT2D eigenvalue weighted by Crippen LogP contribution is 2.19. The van der Waals surface area contributed by atoms with E-state index in [9.17, 15) is 0 Å². The van der Waals surface area contributed by atoms with Crippen molar-refractivity contribution >= 4 is 11.0 Å². The third-order valence-corrected chi connectivity index (χ3v) is 2.81. The van der Waals surface area contributed by atoms with E-state index in [1.165, 1.54) is 5.39 Å². The monoisotopic (exact) mass is 231 g/mol. The van der Waals surface area contributed by atoms with Gasteiger partial charge in [0.25, 0.3) is 0 Å². The van der Waals surface area contributed by atoms with Crippen LogP contribution in [0.2, 0.25) is 0 Å². The van der Waals surface area contributed by atoms with Crippen LogP contribution in [0.15, 0.2) is 34.7 Å². The number of benzene rings is 1. The highest BCUT2D eigenvalue weighted by Gasteiger charge is 2.02. The van der Waals surface area contributed by atoms with E-state index in [1.54, 1.807) is 0 Å². The smallest absolute Gasteiger partial charge is 0.134 e. The van der Waals surface area contributed by atoms with Gasteiger partial charge in [-0.3, -0.25) is 0 Å². The van der Waals surface area contributed by atoms with Gasteiger partial charge in [-0.15, -0.1) is 0 Å². The molecule has 2 heteroatoms. The lowest BCUT2D eigenvalue weighted by molar-refractivity contribution is 0.509. The molecule has 1 aromatic carbocycles. The van der Waals surface area contributed by atoms with Gasteiger partial charge in [-0.1, -0.05) is 32.0 Å². The van der Waals surface area contributed by atoms with Crippen molar-refractivity contribution in [2.75, 3.05) is 13.1 Å². The van der Waals surface area contributed by atoms with E-state index in [1.807, 2.05) is 18.2 Å². The number of furan rings is 1. The summed E-state index contributed by atoms with van der Waals surface area (Å²) in [6, 6.07) is 10.3. The van der Waals surface area contributed by atoms with Crippen molar-refractivity contribution in [2.45, 2.75) is 26.7 Å². The molecule has 1 aromatic heterocycles. The Labute approximate surface area is 103 Å². The molecule has 0 saturated carbocycles. The number of para-hydroxylation sites is 1. The molecule has 0 fully saturated rings. The first-order chi connectivity index (χ1) is 8.25. The maximum atomic E-state index is 5.77. The summed E-state index contributed by atoms with van der Waals surface area (Å²) in [5.41, 5.74) is 0.998. The highest BCUT2D eigenvalue weighted by molar-refractivity contribution is 5.77. The molecule has 1 N–H and O–H groups in total. The maximum absolute atomic E-state index is 5.77. The van der Waals surface area contributed by atoms with Crippen LogP contribution in [-0.2, 0) is 6.42 Å². The quantitative estimate of drug-likeness (QED) is 0.768. The van der Waals surface area contributed by atoms with Crippen molar-refractivity contribution in [3.8, 4) is 0 Å². The van der Waals surface area contributed by atoms with Crippen molar-refractivity contribution < 1.29 is 4.42 Å². The SMILES string of the molecule is CC(C)CNCCCc1cc2ccccc2o1. The van der Waals surface area contributed by atoms with Crippen molar-refractivity contribution in [1.29, 1.82) is 0 Å². The first-order valence-electron chi connectivity index (χ1n) is 6.44. The highest BCUT2D eigenvalue weighted by atomic mass is 16.3. The fraction of sp³-hybridized carbons (Fsp3) is 0.467. The Balaban J connectivity index is 1.79. The first-order valence-corrected chi connectivity index (χ1v) is 6.44. The average molecular weight is 231 g/mol. The summed E-state index contributed by atoms with van der Waals surface area (Å²) in [7, 11) is 0. The van der Waals surface area contributed by atoms with Gasteiger partial charge in [-0.25, -0.2) is 0 Å². The van der Waals surface area contributed by atoms with Gasteiger partial charge in [0.2, 0.25) is 0 Å². The Hall–Kier alpha value is -1.28. The minimum Gasteiger partial charge on any atom is -0.461 e. The predicted molar refractivity (Wildman–Crippen MR) is 72.2 cm³/mol. The molecule has 2 aromatic rings. The maximum Gasteiger partial charge on any atom is 0.134 e. The second-order valence-corrected chi connectivity index (χ2v) is 4.95. The van der Waals surface area contributed by atoms with Crippen LogP contribution in [0.1, 0.15) is 26.0 Å². The Kier molecular flexibility index (Phi) is 4.21. The van der Waals surface area contributed by atoms with E-state index < -0.39 is 0 Å². The summed E-state index contributed by atoms with van der Waals surface area (Å²) in [5, 5.41) is 4.65. The van der Waals surface area contributed by atoms with E-state index in [4.69, 9.17) is 4.42 Å². The van der Waals surface area contributed by atoms with Crippen LogP contribution in [-0.4, -0.2) is 13.1 Å². The molecule has 0 aliphatic rings. The van der Waals surface area contributed by atoms with Crippen LogP contribution in [0.4, 0.5) is 0 Å². The van der Waals surface area contributed by atoms with E-state index >= 15 is 0 Å². The summed E-state index contributed by atoms with van der Waals surface area (Å²) in [6.45, 7) is 6.62. The third kappa shape index (κ3) is 3.60. The lowest BCUT2D eigenvalue weighted by atomic mass is 10.2. The molecule has 2 nitrogen and oxygen atoms in total. The predicted octanol–water partition coefficient (Wildman–Crippen LogP) is 3.61. The lowest BCUT2D eigenvalue weighted by Crippen LogP contribution is -2.20. The number of hydrogen-bond donors (Lipinski definition) is 1. The molecule has 0 aliphatic heterocycles. The topological polar surface area (TPSA) is 25.2 Å². The van der Waals surface area contributed by atoms with Crippen LogP contribution in [0.3, 0.4) is 0 Å². The van der Waals surface area contributed by atoms with Crippen LogP contribution in [0.5, 0.6) is 0 Å². The van der Waals surface area contributed by atoms with Crippen molar-refractivity contribution in [2.24, 2.45) is 5.92 Å². The van der Waals surface area contributed by atoms with Crippen molar-refractivity contribution in [1.82, 2.24) is 5.32 Å². The molecule has 92 valence electrons. The van der Waals surface area contributed by atoms with Crippen LogP contribution in [0.25, 0.3) is 11.0 Å². The molecule has 0 bridgehead atoms. The van der Waals surface area contributed by atoms with E-state index in [0.29, 0.717) is 0 Å². The number of fused-ring (bicyclic) bond motifs is 1. The van der Waals surface area contributed by atoms with Gasteiger partial charge in [-0.2, -0.15) is 0 Å². The van der Waals surface area contributed by atoms with Gasteiger partial charge >= 0.3 is 0 Å². The molecule has 0 saturated heterocycles. The molecular formula is C15H21NO. The summed E-state index contributed by atoms with van der Waals surface area (Å²) in [6.07, 6.45) is 2.15. The van der Waals surface area contributed by atoms with Crippen molar-refractivity contribution in [3.63, 3.8) is 0 Å². The molecule has 0 aliphatic carbocycles. The van der Waals surface area contributed by atoms with Gasteiger partial charge in [0.15, 0.2) is 0 Å². The fourth-order valence-electron chi connectivity index (χ4n) is 1.94. The zero-order chi connectivity index (χ0) is 12.1. The van der Waals surface area contributed by atoms with Crippen molar-refractivity contribution in [3.05, 3.63) is 36.1 Å². The Morgan fingerprint density at radius 1 is 1.24 bits per heavy atom. The third-order valence-electron chi connectivity index (χ3n) is 2.81. The number of rotatable bonds is 6. The van der Waals surface area contributed by atoms with E-state index in [-0.39, 0.29) is 0 Å². The summed E-state index contributed by atoms with van der Waals surface area (Å²) in [5.74, 6) is 1.82. The largest absolute Gasteiger partial charge is 0.461 e. The van der Waals surface area contributed by atoms with Gasteiger partial charge in [-0.05, 0) is 37.6 Å². The molecule has 2 rings (SSSR count). The summed E-state index contributed by atoms with van der Waals surface area (Å²) < 4.78 is 5.77. The zero-order valence-electron chi connectivity index (χ0n) is 10.7. The fourth-order valence-corrected chi connectivity index (χ4v) is 1.94. The standard InChI is InChI=1S/C15H21NO/c1-12(2)11-16-9-5-7-14-10-13-6-3-4-8-15(13)17-14/h3-4,6,8,10,12,16H,5,7,9,11H2,1-2H3. The molecule has 0 unspecified atom stereocenters. The minimum atomic E-state index is 0.723. The van der Waals surface area contributed by atoms with Gasteiger partial charge < -0.3 is 9.73 Å². The lowest BCUT2D eigenvalue weighted by Gasteiger charge is -2.05. The normalized spacial score (nSPS) is 11.5. The van der Waals surface area contributed by atoms with Gasteiger partial charge in [0, 0.05) is 11.8 Å². The minimum absolute atomic E-state index is 0.723. The van der Waals surface area contributed by atoms with Gasteiger partial charge in [0.05, 0.1) is 0 Å². The number of nitrogens with one attached hydrogen (secondary N) is 1. The van der Waals surface area contributed by atoms with Crippen LogP contribution in [0, 0.1) is 5.92 Å². The van der Waals surface area contributed by atoms with E-state index in [0.717, 1.165) is 43.2 Å². The summed E-state index contributed by atoms with van der Waals surface area (Å²) in [4.78, 5) is 0. The Morgan fingerprint density at radius 3 is 2.82 bits per heavy atom. The van der Waals surface area contributed by atoms with E-state index in [2.05, 4.69) is 31.3 Å².